The van der Waals surface area contributed by atoms with Crippen LogP contribution in [0.3, 0.4) is 0 Å². The van der Waals surface area contributed by atoms with E-state index in [1.807, 2.05) is 0 Å². The van der Waals surface area contributed by atoms with Gasteiger partial charge in [-0.25, -0.2) is 8.42 Å². The average molecular weight is 388 g/mol. The molecule has 0 radical (unpaired) electrons. The number of hydrogen-bond donors (Lipinski definition) is 1. The van der Waals surface area contributed by atoms with Crippen LogP contribution in [0.15, 0.2) is 9.64 Å². The van der Waals surface area contributed by atoms with Gasteiger partial charge in [-0.3, -0.25) is 4.79 Å². The summed E-state index contributed by atoms with van der Waals surface area (Å²) >= 11 is 1.23. The largest absolute Gasteiger partial charge is 0.416 e. The predicted octanol–water partition coefficient (Wildman–Crippen LogP) is 1.83. The maximum atomic E-state index is 12.1. The van der Waals surface area contributed by atoms with Crippen molar-refractivity contribution < 1.29 is 17.6 Å². The summed E-state index contributed by atoms with van der Waals surface area (Å²) in [5.41, 5.74) is 0. The normalized spacial score (nSPS) is 28.8. The molecular formula is C16H25N3O4S2. The first-order valence-electron chi connectivity index (χ1n) is 8.86. The molecule has 1 aromatic rings. The van der Waals surface area contributed by atoms with Gasteiger partial charge in [0.25, 0.3) is 5.22 Å². The molecule has 3 atom stereocenters. The molecule has 1 aliphatic carbocycles. The molecule has 0 spiro atoms. The second-order valence-electron chi connectivity index (χ2n) is 7.16. The van der Waals surface area contributed by atoms with E-state index in [1.54, 1.807) is 0 Å². The molecule has 2 aliphatic rings. The van der Waals surface area contributed by atoms with Crippen LogP contribution in [0, 0.1) is 11.8 Å². The minimum absolute atomic E-state index is 0.00890. The van der Waals surface area contributed by atoms with Crippen molar-refractivity contribution in [1.29, 1.82) is 0 Å². The topological polar surface area (TPSA) is 102 Å². The molecule has 1 amide bonds. The standard InChI is InChI=1S/C16H25N3O4S2/c1-11-4-2-3-5-13(11)17-14(20)9-24-16-19-18-15(23-16)8-12-6-7-25(21,22)10-12/h11-13H,2-10H2,1H3,(H,17,20)/t11-,12-,13-/m0/s1. The first-order valence-corrected chi connectivity index (χ1v) is 11.7. The smallest absolute Gasteiger partial charge is 0.277 e. The van der Waals surface area contributed by atoms with Gasteiger partial charge in [-0.1, -0.05) is 31.5 Å². The predicted molar refractivity (Wildman–Crippen MR) is 95.0 cm³/mol. The van der Waals surface area contributed by atoms with Gasteiger partial charge in [-0.2, -0.15) is 0 Å². The average Bonchev–Trinajstić information content (AvgIpc) is 3.14. The minimum Gasteiger partial charge on any atom is -0.416 e. The van der Waals surface area contributed by atoms with Crippen LogP contribution in [0.5, 0.6) is 0 Å². The van der Waals surface area contributed by atoms with E-state index in [0.29, 0.717) is 29.9 Å². The van der Waals surface area contributed by atoms with Crippen LogP contribution in [0.1, 0.15) is 44.9 Å². The van der Waals surface area contributed by atoms with Crippen molar-refractivity contribution in [2.75, 3.05) is 17.3 Å². The Labute approximate surface area is 152 Å². The summed E-state index contributed by atoms with van der Waals surface area (Å²) in [5.74, 6) is 1.71. The molecule has 9 heteroatoms. The lowest BCUT2D eigenvalue weighted by Crippen LogP contribution is -2.41. The van der Waals surface area contributed by atoms with Gasteiger partial charge in [-0.05, 0) is 31.1 Å². The number of carbonyl (C=O) groups excluding carboxylic acids is 1. The van der Waals surface area contributed by atoms with Crippen molar-refractivity contribution in [2.24, 2.45) is 11.8 Å². The maximum absolute atomic E-state index is 12.1. The highest BCUT2D eigenvalue weighted by Gasteiger charge is 2.29. The zero-order valence-electron chi connectivity index (χ0n) is 14.4. The Hall–Kier alpha value is -1.09. The van der Waals surface area contributed by atoms with E-state index in [2.05, 4.69) is 22.4 Å². The molecule has 1 saturated heterocycles. The van der Waals surface area contributed by atoms with Crippen molar-refractivity contribution in [3.05, 3.63) is 5.89 Å². The van der Waals surface area contributed by atoms with Crippen LogP contribution in [-0.4, -0.2) is 47.8 Å². The molecule has 0 bridgehead atoms. The van der Waals surface area contributed by atoms with Gasteiger partial charge in [0.2, 0.25) is 11.8 Å². The second-order valence-corrected chi connectivity index (χ2v) is 10.3. The molecule has 7 nitrogen and oxygen atoms in total. The van der Waals surface area contributed by atoms with E-state index >= 15 is 0 Å². The summed E-state index contributed by atoms with van der Waals surface area (Å²) in [6.45, 7) is 2.19. The molecule has 1 aromatic heterocycles. The lowest BCUT2D eigenvalue weighted by molar-refractivity contribution is -0.119. The van der Waals surface area contributed by atoms with Crippen molar-refractivity contribution >= 4 is 27.5 Å². The Morgan fingerprint density at radius 1 is 1.28 bits per heavy atom. The Morgan fingerprint density at radius 3 is 2.80 bits per heavy atom. The van der Waals surface area contributed by atoms with E-state index in [4.69, 9.17) is 4.42 Å². The molecule has 0 aromatic carbocycles. The quantitative estimate of drug-likeness (QED) is 0.743. The summed E-state index contributed by atoms with van der Waals surface area (Å²) in [7, 11) is -2.90. The van der Waals surface area contributed by atoms with Gasteiger partial charge in [-0.15, -0.1) is 10.2 Å². The van der Waals surface area contributed by atoms with Crippen molar-refractivity contribution in [1.82, 2.24) is 15.5 Å². The molecule has 140 valence electrons. The van der Waals surface area contributed by atoms with E-state index in [-0.39, 0.29) is 35.1 Å². The molecular weight excluding hydrogens is 362 g/mol. The van der Waals surface area contributed by atoms with Crippen LogP contribution in [0.25, 0.3) is 0 Å². The van der Waals surface area contributed by atoms with Gasteiger partial charge in [0.1, 0.15) is 0 Å². The van der Waals surface area contributed by atoms with Crippen LogP contribution in [0.4, 0.5) is 0 Å². The number of aromatic nitrogens is 2. The van der Waals surface area contributed by atoms with Gasteiger partial charge in [0.15, 0.2) is 9.84 Å². The highest BCUT2D eigenvalue weighted by atomic mass is 32.2. The number of thioether (sulfide) groups is 1. The van der Waals surface area contributed by atoms with Crippen LogP contribution in [0.2, 0.25) is 0 Å². The number of nitrogens with one attached hydrogen (secondary N) is 1. The fourth-order valence-corrected chi connectivity index (χ4v) is 6.02. The monoisotopic (exact) mass is 387 g/mol. The van der Waals surface area contributed by atoms with Crippen LogP contribution < -0.4 is 5.32 Å². The van der Waals surface area contributed by atoms with Crippen molar-refractivity contribution in [3.8, 4) is 0 Å². The van der Waals surface area contributed by atoms with Crippen molar-refractivity contribution in [2.45, 2.75) is 56.7 Å². The third-order valence-electron chi connectivity index (χ3n) is 5.02. The van der Waals surface area contributed by atoms with Gasteiger partial charge in [0, 0.05) is 12.5 Å². The Balaban J connectivity index is 1.43. The highest BCUT2D eigenvalue weighted by molar-refractivity contribution is 7.99. The SMILES string of the molecule is C[C@H]1CCCC[C@@H]1NC(=O)CSc1nnc(C[C@@H]2CCS(=O)(=O)C2)o1. The molecule has 2 heterocycles. The molecule has 1 aliphatic heterocycles. The number of amides is 1. The molecule has 3 rings (SSSR count). The third kappa shape index (κ3) is 5.44. The molecule has 0 unspecified atom stereocenters. The Bertz CT molecular complexity index is 704. The number of sulfone groups is 1. The fraction of sp³-hybridized carbons (Fsp3) is 0.812. The maximum Gasteiger partial charge on any atom is 0.277 e. The third-order valence-corrected chi connectivity index (χ3v) is 7.68. The summed E-state index contributed by atoms with van der Waals surface area (Å²) in [5, 5.41) is 11.4. The zero-order chi connectivity index (χ0) is 17.9. The first kappa shape index (κ1) is 18.7. The van der Waals surface area contributed by atoms with E-state index in [1.165, 1.54) is 31.0 Å². The van der Waals surface area contributed by atoms with E-state index < -0.39 is 9.84 Å². The van der Waals surface area contributed by atoms with Crippen LogP contribution >= 0.6 is 11.8 Å². The van der Waals surface area contributed by atoms with E-state index in [9.17, 15) is 13.2 Å². The number of carbonyl (C=O) groups is 1. The number of nitrogens with zero attached hydrogens (tertiary/aromatic N) is 2. The van der Waals surface area contributed by atoms with E-state index in [0.717, 1.165) is 6.42 Å². The van der Waals surface area contributed by atoms with Gasteiger partial charge in [0.05, 0.1) is 17.3 Å². The summed E-state index contributed by atoms with van der Waals surface area (Å²) in [6, 6.07) is 0.268. The van der Waals surface area contributed by atoms with Crippen LogP contribution in [-0.2, 0) is 21.1 Å². The first-order chi connectivity index (χ1) is 11.9. The minimum atomic E-state index is -2.90. The fourth-order valence-electron chi connectivity index (χ4n) is 3.57. The molecule has 1 saturated carbocycles. The highest BCUT2D eigenvalue weighted by Crippen LogP contribution is 2.25. The zero-order valence-corrected chi connectivity index (χ0v) is 16.1. The van der Waals surface area contributed by atoms with Crippen molar-refractivity contribution in [3.63, 3.8) is 0 Å². The van der Waals surface area contributed by atoms with Gasteiger partial charge < -0.3 is 9.73 Å². The number of hydrogen-bond acceptors (Lipinski definition) is 7. The molecule has 1 N–H and O–H groups in total. The molecule has 2 fully saturated rings. The molecule has 25 heavy (non-hydrogen) atoms. The Kier molecular flexibility index (Phi) is 6.04. The Morgan fingerprint density at radius 2 is 2.08 bits per heavy atom. The number of rotatable bonds is 6. The lowest BCUT2D eigenvalue weighted by Gasteiger charge is -2.29. The second kappa shape index (κ2) is 8.07. The summed E-state index contributed by atoms with van der Waals surface area (Å²) in [6.07, 6.45) is 5.77. The summed E-state index contributed by atoms with van der Waals surface area (Å²) < 4.78 is 28.5. The summed E-state index contributed by atoms with van der Waals surface area (Å²) in [4.78, 5) is 12.1. The van der Waals surface area contributed by atoms with Gasteiger partial charge >= 0.3 is 0 Å². The lowest BCUT2D eigenvalue weighted by atomic mass is 9.86.